The highest BCUT2D eigenvalue weighted by Crippen LogP contribution is 2.31. The van der Waals surface area contributed by atoms with E-state index in [0.717, 1.165) is 12.1 Å². The van der Waals surface area contributed by atoms with E-state index in [1.165, 1.54) is 25.1 Å². The number of ether oxygens (including phenoxy) is 1. The summed E-state index contributed by atoms with van der Waals surface area (Å²) in [5, 5.41) is 9.75. The molecule has 35 heavy (non-hydrogen) atoms. The van der Waals surface area contributed by atoms with Crippen molar-refractivity contribution in [3.05, 3.63) is 71.5 Å². The zero-order valence-corrected chi connectivity index (χ0v) is 18.6. The third kappa shape index (κ3) is 6.76. The maximum Gasteiger partial charge on any atom is 0.416 e. The first-order chi connectivity index (χ1) is 16.4. The van der Waals surface area contributed by atoms with Crippen molar-refractivity contribution in [2.75, 3.05) is 0 Å². The fourth-order valence-electron chi connectivity index (χ4n) is 3.33. The summed E-state index contributed by atoms with van der Waals surface area (Å²) in [6.45, 7) is 1.46. The molecule has 0 spiro atoms. The molecule has 1 aromatic heterocycles. The summed E-state index contributed by atoms with van der Waals surface area (Å²) in [5.41, 5.74) is 10.9. The number of nitrogens with zero attached hydrogens (tertiary/aromatic N) is 2. The number of primary amides is 2. The monoisotopic (exact) mass is 488 g/mol. The standard InChI is InChI=1S/C24H23F3N4O4/c1-13(32)19(21(28)33)11-6-16-12-20(22(29)34)31-23(30-16)14-2-7-17(8-3-14)35-18-9-4-15(5-10-18)24(25,26)27/h2-5,7-10,12-13,19,32H,6,11H2,1H3,(H2,28,33)(H2,29,34)/t13-,19+/m1/s1. The predicted octanol–water partition coefficient (Wildman–Crippen LogP) is 3.47. The van der Waals surface area contributed by atoms with E-state index in [4.69, 9.17) is 16.2 Å². The molecule has 0 radical (unpaired) electrons. The number of aromatic nitrogens is 2. The van der Waals surface area contributed by atoms with Gasteiger partial charge in [-0.1, -0.05) is 0 Å². The number of carbonyl (C=O) groups excluding carboxylic acids is 2. The van der Waals surface area contributed by atoms with Crippen LogP contribution in [0.5, 0.6) is 11.5 Å². The number of hydrogen-bond acceptors (Lipinski definition) is 6. The number of nitrogens with two attached hydrogens (primary N) is 2. The SMILES string of the molecule is C[C@@H](O)[C@H](CCc1cc(C(N)=O)nc(-c2ccc(Oc3ccc(C(F)(F)F)cc3)cc2)n1)C(N)=O. The number of rotatable bonds is 9. The van der Waals surface area contributed by atoms with Crippen molar-refractivity contribution in [1.82, 2.24) is 9.97 Å². The summed E-state index contributed by atoms with van der Waals surface area (Å²) in [7, 11) is 0. The molecule has 0 aliphatic rings. The average molecular weight is 488 g/mol. The minimum absolute atomic E-state index is 0.0252. The molecule has 0 bridgehead atoms. The molecule has 8 nitrogen and oxygen atoms in total. The lowest BCUT2D eigenvalue weighted by molar-refractivity contribution is -0.137. The van der Waals surface area contributed by atoms with Crippen LogP contribution in [0.4, 0.5) is 13.2 Å². The Hall–Kier alpha value is -3.99. The minimum atomic E-state index is -4.43. The Bertz CT molecular complexity index is 1200. The van der Waals surface area contributed by atoms with E-state index in [2.05, 4.69) is 9.97 Å². The maximum absolute atomic E-state index is 12.7. The number of benzene rings is 2. The Labute approximate surface area is 198 Å². The smallest absolute Gasteiger partial charge is 0.416 e. The van der Waals surface area contributed by atoms with Crippen molar-refractivity contribution in [2.45, 2.75) is 32.0 Å². The van der Waals surface area contributed by atoms with Crippen LogP contribution in [-0.2, 0) is 17.4 Å². The first kappa shape index (κ1) is 25.6. The van der Waals surface area contributed by atoms with Gasteiger partial charge in [0.1, 0.15) is 17.2 Å². The molecule has 184 valence electrons. The molecule has 2 atom stereocenters. The summed E-state index contributed by atoms with van der Waals surface area (Å²) >= 11 is 0. The van der Waals surface area contributed by atoms with Crippen LogP contribution < -0.4 is 16.2 Å². The van der Waals surface area contributed by atoms with Gasteiger partial charge in [-0.15, -0.1) is 0 Å². The van der Waals surface area contributed by atoms with Crippen molar-refractivity contribution >= 4 is 11.8 Å². The summed E-state index contributed by atoms with van der Waals surface area (Å²) in [6.07, 6.45) is -4.93. The van der Waals surface area contributed by atoms with Crippen LogP contribution >= 0.6 is 0 Å². The average Bonchev–Trinajstić information content (AvgIpc) is 2.79. The Kier molecular flexibility index (Phi) is 7.70. The van der Waals surface area contributed by atoms with Gasteiger partial charge in [-0.25, -0.2) is 9.97 Å². The van der Waals surface area contributed by atoms with Gasteiger partial charge in [0.05, 0.1) is 17.6 Å². The fourth-order valence-corrected chi connectivity index (χ4v) is 3.33. The first-order valence-electron chi connectivity index (χ1n) is 10.5. The molecule has 0 fully saturated rings. The van der Waals surface area contributed by atoms with E-state index >= 15 is 0 Å². The van der Waals surface area contributed by atoms with Gasteiger partial charge in [-0.3, -0.25) is 9.59 Å². The Morgan fingerprint density at radius 1 is 1.00 bits per heavy atom. The number of amides is 2. The molecule has 11 heteroatoms. The molecular formula is C24H23F3N4O4. The summed E-state index contributed by atoms with van der Waals surface area (Å²) < 4.78 is 43.7. The van der Waals surface area contributed by atoms with E-state index in [-0.39, 0.29) is 30.1 Å². The Morgan fingerprint density at radius 2 is 1.57 bits per heavy atom. The van der Waals surface area contributed by atoms with Crippen LogP contribution in [0.25, 0.3) is 11.4 Å². The van der Waals surface area contributed by atoms with Crippen molar-refractivity contribution in [1.29, 1.82) is 0 Å². The van der Waals surface area contributed by atoms with Crippen LogP contribution in [0.15, 0.2) is 54.6 Å². The number of hydrogen-bond donors (Lipinski definition) is 3. The van der Waals surface area contributed by atoms with E-state index in [1.54, 1.807) is 24.3 Å². The van der Waals surface area contributed by atoms with E-state index in [9.17, 15) is 27.9 Å². The van der Waals surface area contributed by atoms with E-state index in [1.807, 2.05) is 0 Å². The lowest BCUT2D eigenvalue weighted by Crippen LogP contribution is -2.32. The number of halogens is 3. The van der Waals surface area contributed by atoms with Crippen molar-refractivity contribution in [3.63, 3.8) is 0 Å². The molecule has 1 heterocycles. The van der Waals surface area contributed by atoms with Gasteiger partial charge in [0.25, 0.3) is 5.91 Å². The molecule has 0 saturated heterocycles. The van der Waals surface area contributed by atoms with Crippen LogP contribution in [0.3, 0.4) is 0 Å². The third-order valence-electron chi connectivity index (χ3n) is 5.22. The summed E-state index contributed by atoms with van der Waals surface area (Å²) in [4.78, 5) is 31.9. The topological polar surface area (TPSA) is 141 Å². The second-order valence-corrected chi connectivity index (χ2v) is 7.87. The third-order valence-corrected chi connectivity index (χ3v) is 5.22. The number of alkyl halides is 3. The largest absolute Gasteiger partial charge is 0.457 e. The molecule has 0 aliphatic heterocycles. The lowest BCUT2D eigenvalue weighted by Gasteiger charge is -2.16. The van der Waals surface area contributed by atoms with Gasteiger partial charge in [-0.05, 0) is 74.4 Å². The van der Waals surface area contributed by atoms with Gasteiger partial charge in [0, 0.05) is 11.3 Å². The molecule has 0 saturated carbocycles. The fraction of sp³-hybridized carbons (Fsp3) is 0.250. The Balaban J connectivity index is 1.79. The molecule has 5 N–H and O–H groups in total. The highest BCUT2D eigenvalue weighted by atomic mass is 19.4. The van der Waals surface area contributed by atoms with Gasteiger partial charge in [-0.2, -0.15) is 13.2 Å². The van der Waals surface area contributed by atoms with Crippen LogP contribution in [0.1, 0.15) is 35.1 Å². The van der Waals surface area contributed by atoms with Crippen molar-refractivity contribution in [3.8, 4) is 22.9 Å². The van der Waals surface area contributed by atoms with Gasteiger partial charge in [0.2, 0.25) is 5.91 Å². The predicted molar refractivity (Wildman–Crippen MR) is 120 cm³/mol. The molecular weight excluding hydrogens is 465 g/mol. The number of aliphatic hydroxyl groups is 1. The number of carbonyl (C=O) groups is 2. The molecule has 3 rings (SSSR count). The normalized spacial score (nSPS) is 13.2. The zero-order valence-electron chi connectivity index (χ0n) is 18.6. The highest BCUT2D eigenvalue weighted by molar-refractivity contribution is 5.91. The molecule has 0 aliphatic carbocycles. The molecule has 2 aromatic carbocycles. The van der Waals surface area contributed by atoms with E-state index < -0.39 is 35.6 Å². The van der Waals surface area contributed by atoms with Crippen LogP contribution in [0.2, 0.25) is 0 Å². The van der Waals surface area contributed by atoms with Gasteiger partial charge >= 0.3 is 6.18 Å². The number of aryl methyl sites for hydroxylation is 1. The zero-order chi connectivity index (χ0) is 25.8. The second kappa shape index (κ2) is 10.5. The van der Waals surface area contributed by atoms with Crippen molar-refractivity contribution in [2.24, 2.45) is 17.4 Å². The molecule has 2 amide bonds. The van der Waals surface area contributed by atoms with Crippen molar-refractivity contribution < 1.29 is 32.6 Å². The second-order valence-electron chi connectivity index (χ2n) is 7.87. The van der Waals surface area contributed by atoms with Crippen LogP contribution in [0, 0.1) is 5.92 Å². The molecule has 0 unspecified atom stereocenters. The minimum Gasteiger partial charge on any atom is -0.457 e. The van der Waals surface area contributed by atoms with Gasteiger partial charge in [0.15, 0.2) is 5.82 Å². The van der Waals surface area contributed by atoms with Gasteiger partial charge < -0.3 is 21.3 Å². The lowest BCUT2D eigenvalue weighted by atomic mass is 9.96. The summed E-state index contributed by atoms with van der Waals surface area (Å²) in [5.74, 6) is -1.41. The maximum atomic E-state index is 12.7. The number of aliphatic hydroxyl groups excluding tert-OH is 1. The summed E-state index contributed by atoms with van der Waals surface area (Å²) in [6, 6.07) is 12.1. The Morgan fingerprint density at radius 3 is 2.06 bits per heavy atom. The first-order valence-corrected chi connectivity index (χ1v) is 10.5. The highest BCUT2D eigenvalue weighted by Gasteiger charge is 2.30. The van der Waals surface area contributed by atoms with E-state index in [0.29, 0.717) is 17.0 Å². The van der Waals surface area contributed by atoms with Crippen LogP contribution in [-0.4, -0.2) is 33.0 Å². The quantitative estimate of drug-likeness (QED) is 0.421. The molecule has 3 aromatic rings.